The summed E-state index contributed by atoms with van der Waals surface area (Å²) in [5.41, 5.74) is 3.07. The van der Waals surface area contributed by atoms with Gasteiger partial charge < -0.3 is 0 Å². The molecule has 0 spiro atoms. The van der Waals surface area contributed by atoms with Gasteiger partial charge in [0.05, 0.1) is 22.5 Å². The van der Waals surface area contributed by atoms with Crippen LogP contribution in [0.5, 0.6) is 0 Å². The Bertz CT molecular complexity index is 847. The zero-order valence-corrected chi connectivity index (χ0v) is 12.9. The normalized spacial score (nSPS) is 11.8. The highest BCUT2D eigenvalue weighted by Gasteiger charge is 2.21. The number of aromatic nitrogens is 5. The second-order valence-corrected chi connectivity index (χ2v) is 5.30. The molecule has 0 saturated heterocycles. The Hall–Kier alpha value is -2.31. The van der Waals surface area contributed by atoms with Gasteiger partial charge in [-0.05, 0) is 26.8 Å². The number of fused-ring (bicyclic) bond motifs is 1. The number of hydrogen-bond donors (Lipinski definition) is 0. The van der Waals surface area contributed by atoms with Crippen LogP contribution in [0.3, 0.4) is 0 Å². The molecule has 0 fully saturated rings. The van der Waals surface area contributed by atoms with Crippen LogP contribution < -0.4 is 0 Å². The summed E-state index contributed by atoms with van der Waals surface area (Å²) in [7, 11) is 1.80. The Morgan fingerprint density at radius 3 is 2.45 bits per heavy atom. The molecule has 0 radical (unpaired) electrons. The molecule has 0 aliphatic heterocycles. The molecule has 0 aromatic carbocycles. The van der Waals surface area contributed by atoms with Crippen molar-refractivity contribution in [3.8, 4) is 11.3 Å². The lowest BCUT2D eigenvalue weighted by molar-refractivity contribution is 0.153. The third kappa shape index (κ3) is 2.17. The number of aryl methyl sites for hydroxylation is 4. The van der Waals surface area contributed by atoms with E-state index in [9.17, 15) is 8.78 Å². The molecule has 3 aromatic rings. The highest BCUT2D eigenvalue weighted by Crippen LogP contribution is 2.33. The fraction of sp³-hybridized carbons (Fsp3) is 0.400. The van der Waals surface area contributed by atoms with E-state index in [0.717, 1.165) is 11.3 Å². The van der Waals surface area contributed by atoms with Crippen molar-refractivity contribution in [3.63, 3.8) is 0 Å². The van der Waals surface area contributed by atoms with Crippen molar-refractivity contribution in [1.82, 2.24) is 24.5 Å². The van der Waals surface area contributed by atoms with Gasteiger partial charge >= 0.3 is 0 Å². The molecule has 5 nitrogen and oxygen atoms in total. The van der Waals surface area contributed by atoms with Crippen LogP contribution in [0.2, 0.25) is 0 Å². The lowest BCUT2D eigenvalue weighted by Crippen LogP contribution is -2.00. The third-order valence-corrected chi connectivity index (χ3v) is 3.73. The van der Waals surface area contributed by atoms with E-state index >= 15 is 0 Å². The summed E-state index contributed by atoms with van der Waals surface area (Å²) in [5.74, 6) is 0. The fourth-order valence-electron chi connectivity index (χ4n) is 2.77. The number of alkyl halides is 2. The average molecular weight is 305 g/mol. The molecule has 0 aliphatic carbocycles. The summed E-state index contributed by atoms with van der Waals surface area (Å²) in [6.07, 6.45) is -0.785. The lowest BCUT2D eigenvalue weighted by atomic mass is 10.1. The molecule has 0 aliphatic rings. The lowest BCUT2D eigenvalue weighted by Gasteiger charge is -2.07. The van der Waals surface area contributed by atoms with Crippen molar-refractivity contribution in [2.45, 2.75) is 33.7 Å². The van der Waals surface area contributed by atoms with Gasteiger partial charge in [-0.15, -0.1) is 0 Å². The van der Waals surface area contributed by atoms with Gasteiger partial charge in [0.2, 0.25) is 0 Å². The number of hydrogen-bond acceptors (Lipinski definition) is 3. The molecular formula is C15H17F2N5. The molecule has 3 rings (SSSR count). The number of nitrogens with zero attached hydrogens (tertiary/aromatic N) is 5. The standard InChI is InChI=1S/C15H17F2N5/c1-5-22-15-13(9(3)20-22)10(14(16)17)6-12(18-15)11-7-21(4)19-8(11)2/h6-7,14H,5H2,1-4H3. The van der Waals surface area contributed by atoms with E-state index in [1.165, 1.54) is 6.07 Å². The van der Waals surface area contributed by atoms with Crippen LogP contribution in [0.15, 0.2) is 12.3 Å². The van der Waals surface area contributed by atoms with Gasteiger partial charge in [0.15, 0.2) is 5.65 Å². The first kappa shape index (κ1) is 14.6. The summed E-state index contributed by atoms with van der Waals surface area (Å²) in [5, 5.41) is 9.02. The minimum atomic E-state index is -2.57. The molecular weight excluding hydrogens is 288 g/mol. The van der Waals surface area contributed by atoms with E-state index < -0.39 is 6.43 Å². The van der Waals surface area contributed by atoms with E-state index in [4.69, 9.17) is 0 Å². The summed E-state index contributed by atoms with van der Waals surface area (Å²) in [4.78, 5) is 4.57. The predicted molar refractivity (Wildman–Crippen MR) is 79.8 cm³/mol. The Labute approximate surface area is 126 Å². The van der Waals surface area contributed by atoms with Gasteiger partial charge in [-0.3, -0.25) is 4.68 Å². The number of pyridine rings is 1. The van der Waals surface area contributed by atoms with Crippen molar-refractivity contribution < 1.29 is 8.78 Å². The van der Waals surface area contributed by atoms with E-state index in [-0.39, 0.29) is 5.56 Å². The Kier molecular flexibility index (Phi) is 3.42. The molecule has 22 heavy (non-hydrogen) atoms. The van der Waals surface area contributed by atoms with Gasteiger partial charge in [-0.2, -0.15) is 10.2 Å². The maximum atomic E-state index is 13.5. The van der Waals surface area contributed by atoms with E-state index in [1.807, 2.05) is 13.8 Å². The summed E-state index contributed by atoms with van der Waals surface area (Å²) in [6.45, 7) is 6.07. The maximum absolute atomic E-state index is 13.5. The smallest absolute Gasteiger partial charge is 0.264 e. The van der Waals surface area contributed by atoms with Gasteiger partial charge in [0.1, 0.15) is 0 Å². The maximum Gasteiger partial charge on any atom is 0.264 e. The van der Waals surface area contributed by atoms with Gasteiger partial charge in [-0.1, -0.05) is 0 Å². The molecule has 0 N–H and O–H groups in total. The van der Waals surface area contributed by atoms with Crippen molar-refractivity contribution >= 4 is 11.0 Å². The Morgan fingerprint density at radius 2 is 1.91 bits per heavy atom. The minimum Gasteiger partial charge on any atom is -0.275 e. The van der Waals surface area contributed by atoms with Gasteiger partial charge in [0.25, 0.3) is 6.43 Å². The third-order valence-electron chi connectivity index (χ3n) is 3.73. The number of halogens is 2. The van der Waals surface area contributed by atoms with Crippen LogP contribution in [0.1, 0.15) is 30.3 Å². The first-order valence-electron chi connectivity index (χ1n) is 7.09. The van der Waals surface area contributed by atoms with Crippen molar-refractivity contribution in [3.05, 3.63) is 29.2 Å². The summed E-state index contributed by atoms with van der Waals surface area (Å²) < 4.78 is 30.3. The second kappa shape index (κ2) is 5.15. The largest absolute Gasteiger partial charge is 0.275 e. The van der Waals surface area contributed by atoms with Crippen LogP contribution in [0, 0.1) is 13.8 Å². The first-order chi connectivity index (χ1) is 10.4. The van der Waals surface area contributed by atoms with Crippen LogP contribution in [0.25, 0.3) is 22.3 Å². The molecule has 0 amide bonds. The first-order valence-corrected chi connectivity index (χ1v) is 7.09. The highest BCUT2D eigenvalue weighted by atomic mass is 19.3. The summed E-state index contributed by atoms with van der Waals surface area (Å²) >= 11 is 0. The van der Waals surface area contributed by atoms with Crippen molar-refractivity contribution in [1.29, 1.82) is 0 Å². The van der Waals surface area contributed by atoms with Crippen LogP contribution in [-0.2, 0) is 13.6 Å². The SMILES string of the molecule is CCn1nc(C)c2c(C(F)F)cc(-c3cn(C)nc3C)nc21. The Balaban J connectivity index is 2.35. The van der Waals surface area contributed by atoms with Gasteiger partial charge in [-0.25, -0.2) is 18.4 Å². The van der Waals surface area contributed by atoms with Gasteiger partial charge in [0, 0.05) is 30.9 Å². The summed E-state index contributed by atoms with van der Waals surface area (Å²) in [6, 6.07) is 1.45. The molecule has 0 bridgehead atoms. The van der Waals surface area contributed by atoms with E-state index in [0.29, 0.717) is 29.0 Å². The van der Waals surface area contributed by atoms with E-state index in [2.05, 4.69) is 15.2 Å². The Morgan fingerprint density at radius 1 is 1.18 bits per heavy atom. The highest BCUT2D eigenvalue weighted by molar-refractivity contribution is 5.85. The van der Waals surface area contributed by atoms with Crippen LogP contribution in [-0.4, -0.2) is 24.5 Å². The predicted octanol–water partition coefficient (Wildman–Crippen LogP) is 3.41. The van der Waals surface area contributed by atoms with E-state index in [1.54, 1.807) is 29.5 Å². The fourth-order valence-corrected chi connectivity index (χ4v) is 2.77. The average Bonchev–Trinajstić information content (AvgIpc) is 2.97. The monoisotopic (exact) mass is 305 g/mol. The van der Waals surface area contributed by atoms with Crippen molar-refractivity contribution in [2.24, 2.45) is 7.05 Å². The topological polar surface area (TPSA) is 48.5 Å². The molecule has 0 atom stereocenters. The molecule has 116 valence electrons. The number of rotatable bonds is 3. The zero-order chi connectivity index (χ0) is 16.0. The quantitative estimate of drug-likeness (QED) is 0.745. The molecule has 0 unspecified atom stereocenters. The van der Waals surface area contributed by atoms with Crippen LogP contribution >= 0.6 is 0 Å². The molecule has 3 aromatic heterocycles. The minimum absolute atomic E-state index is 0.0274. The molecule has 0 saturated carbocycles. The van der Waals surface area contributed by atoms with Crippen LogP contribution in [0.4, 0.5) is 8.78 Å². The zero-order valence-electron chi connectivity index (χ0n) is 12.9. The molecule has 3 heterocycles. The second-order valence-electron chi connectivity index (χ2n) is 5.30. The molecule has 7 heteroatoms. The van der Waals surface area contributed by atoms with Crippen molar-refractivity contribution in [2.75, 3.05) is 0 Å².